The number of nitrogen functional groups attached to an aromatic ring is 1. The molecule has 1 saturated heterocycles. The van der Waals surface area contributed by atoms with Crippen LogP contribution in [-0.2, 0) is 0 Å². The number of amides is 1. The Morgan fingerprint density at radius 3 is 2.58 bits per heavy atom. The number of carbonyl (C=O) groups is 1. The molecule has 1 aromatic heterocycles. The molecule has 104 valence electrons. The van der Waals surface area contributed by atoms with Gasteiger partial charge in [-0.3, -0.25) is 4.79 Å². The highest BCUT2D eigenvalue weighted by molar-refractivity contribution is 5.96. The van der Waals surface area contributed by atoms with E-state index in [0.717, 1.165) is 4.90 Å². The lowest BCUT2D eigenvalue weighted by Gasteiger charge is -2.25. The fourth-order valence-corrected chi connectivity index (χ4v) is 1.86. The van der Waals surface area contributed by atoms with Crippen LogP contribution in [0.15, 0.2) is 12.4 Å². The quantitative estimate of drug-likeness (QED) is 0.764. The van der Waals surface area contributed by atoms with E-state index in [0.29, 0.717) is 0 Å². The van der Waals surface area contributed by atoms with E-state index in [1.165, 1.54) is 12.4 Å². The molecule has 0 saturated carbocycles. The zero-order chi connectivity index (χ0) is 14.3. The van der Waals surface area contributed by atoms with Gasteiger partial charge in [0.1, 0.15) is 0 Å². The lowest BCUT2D eigenvalue weighted by molar-refractivity contribution is -0.253. The Kier molecular flexibility index (Phi) is 3.09. The molecule has 1 amide bonds. The third kappa shape index (κ3) is 2.33. The van der Waals surface area contributed by atoms with Gasteiger partial charge in [0.05, 0.1) is 6.54 Å². The lowest BCUT2D eigenvalue weighted by Crippen LogP contribution is -2.48. The zero-order valence-corrected chi connectivity index (χ0v) is 9.68. The SMILES string of the molecule is Nc1nccnc1C(=O)N1CCC(O)(C(F)(F)F)C1. The fraction of sp³-hybridized carbons (Fsp3) is 0.500. The van der Waals surface area contributed by atoms with E-state index < -0.39 is 30.7 Å². The van der Waals surface area contributed by atoms with E-state index in [4.69, 9.17) is 5.73 Å². The van der Waals surface area contributed by atoms with Gasteiger partial charge >= 0.3 is 6.18 Å². The Hall–Kier alpha value is -1.90. The number of hydrogen-bond acceptors (Lipinski definition) is 5. The first-order chi connectivity index (χ1) is 8.74. The predicted molar refractivity (Wildman–Crippen MR) is 58.0 cm³/mol. The van der Waals surface area contributed by atoms with E-state index in [-0.39, 0.29) is 18.1 Å². The van der Waals surface area contributed by atoms with Crippen molar-refractivity contribution in [3.63, 3.8) is 0 Å². The molecule has 0 aliphatic carbocycles. The second-order valence-corrected chi connectivity index (χ2v) is 4.30. The molecular weight excluding hydrogens is 265 g/mol. The summed E-state index contributed by atoms with van der Waals surface area (Å²) in [5, 5.41) is 9.48. The normalized spacial score (nSPS) is 23.7. The van der Waals surface area contributed by atoms with Crippen LogP contribution < -0.4 is 5.73 Å². The van der Waals surface area contributed by atoms with Crippen molar-refractivity contribution in [2.45, 2.75) is 18.2 Å². The second-order valence-electron chi connectivity index (χ2n) is 4.30. The third-order valence-electron chi connectivity index (χ3n) is 2.99. The summed E-state index contributed by atoms with van der Waals surface area (Å²) in [4.78, 5) is 20.1. The number of halogens is 3. The topological polar surface area (TPSA) is 92.3 Å². The van der Waals surface area contributed by atoms with Gasteiger partial charge in [0.15, 0.2) is 17.1 Å². The Labute approximate surface area is 106 Å². The van der Waals surface area contributed by atoms with Gasteiger partial charge in [-0.2, -0.15) is 13.2 Å². The van der Waals surface area contributed by atoms with Crippen LogP contribution in [0.25, 0.3) is 0 Å². The van der Waals surface area contributed by atoms with Crippen molar-refractivity contribution >= 4 is 11.7 Å². The molecule has 1 aliphatic heterocycles. The van der Waals surface area contributed by atoms with Crippen LogP contribution in [0.2, 0.25) is 0 Å². The summed E-state index contributed by atoms with van der Waals surface area (Å²) < 4.78 is 37.9. The van der Waals surface area contributed by atoms with Crippen LogP contribution in [0.1, 0.15) is 16.9 Å². The average molecular weight is 276 g/mol. The number of carbonyl (C=O) groups excluding carboxylic acids is 1. The molecule has 1 atom stereocenters. The minimum absolute atomic E-state index is 0.157. The molecule has 0 aromatic carbocycles. The van der Waals surface area contributed by atoms with Crippen molar-refractivity contribution < 1.29 is 23.1 Å². The highest BCUT2D eigenvalue weighted by Gasteiger charge is 2.58. The van der Waals surface area contributed by atoms with Gasteiger partial charge in [0.25, 0.3) is 5.91 Å². The molecule has 0 bridgehead atoms. The number of likely N-dealkylation sites (tertiary alicyclic amines) is 1. The first-order valence-corrected chi connectivity index (χ1v) is 5.39. The maximum atomic E-state index is 12.6. The minimum atomic E-state index is -4.78. The number of aliphatic hydroxyl groups is 1. The maximum absolute atomic E-state index is 12.6. The molecule has 3 N–H and O–H groups in total. The van der Waals surface area contributed by atoms with Gasteiger partial charge in [-0.05, 0) is 0 Å². The van der Waals surface area contributed by atoms with Crippen LogP contribution in [0, 0.1) is 0 Å². The van der Waals surface area contributed by atoms with Gasteiger partial charge in [-0.15, -0.1) is 0 Å². The Morgan fingerprint density at radius 1 is 1.42 bits per heavy atom. The van der Waals surface area contributed by atoms with Gasteiger partial charge < -0.3 is 15.7 Å². The van der Waals surface area contributed by atoms with E-state index in [2.05, 4.69) is 9.97 Å². The molecule has 6 nitrogen and oxygen atoms in total. The molecule has 1 unspecified atom stereocenters. The van der Waals surface area contributed by atoms with Crippen molar-refractivity contribution in [2.24, 2.45) is 0 Å². The molecule has 19 heavy (non-hydrogen) atoms. The van der Waals surface area contributed by atoms with Gasteiger partial charge in [-0.1, -0.05) is 0 Å². The molecule has 2 heterocycles. The Bertz CT molecular complexity index is 508. The van der Waals surface area contributed by atoms with Crippen molar-refractivity contribution in [3.05, 3.63) is 18.1 Å². The zero-order valence-electron chi connectivity index (χ0n) is 9.68. The molecule has 0 spiro atoms. The van der Waals surface area contributed by atoms with Crippen LogP contribution in [0.4, 0.5) is 19.0 Å². The largest absolute Gasteiger partial charge is 0.419 e. The van der Waals surface area contributed by atoms with Gasteiger partial charge in [0, 0.05) is 25.4 Å². The molecule has 1 aromatic rings. The van der Waals surface area contributed by atoms with Gasteiger partial charge in [0.2, 0.25) is 0 Å². The Balaban J connectivity index is 2.18. The van der Waals surface area contributed by atoms with Crippen LogP contribution >= 0.6 is 0 Å². The van der Waals surface area contributed by atoms with E-state index in [1.807, 2.05) is 0 Å². The molecule has 2 rings (SSSR count). The van der Waals surface area contributed by atoms with E-state index >= 15 is 0 Å². The summed E-state index contributed by atoms with van der Waals surface area (Å²) >= 11 is 0. The highest BCUT2D eigenvalue weighted by Crippen LogP contribution is 2.37. The number of nitrogens with zero attached hydrogens (tertiary/aromatic N) is 3. The summed E-state index contributed by atoms with van der Waals surface area (Å²) in [6.07, 6.45) is -2.86. The summed E-state index contributed by atoms with van der Waals surface area (Å²) in [6, 6.07) is 0. The van der Waals surface area contributed by atoms with E-state index in [1.54, 1.807) is 0 Å². The molecule has 9 heteroatoms. The van der Waals surface area contributed by atoms with Gasteiger partial charge in [-0.25, -0.2) is 9.97 Å². The second kappa shape index (κ2) is 4.34. The number of hydrogen-bond donors (Lipinski definition) is 2. The third-order valence-corrected chi connectivity index (χ3v) is 2.99. The summed E-state index contributed by atoms with van der Waals surface area (Å²) in [6.45, 7) is -1.05. The summed E-state index contributed by atoms with van der Waals surface area (Å²) in [5.74, 6) is -0.930. The van der Waals surface area contributed by atoms with Crippen molar-refractivity contribution in [1.29, 1.82) is 0 Å². The number of anilines is 1. The van der Waals surface area contributed by atoms with Crippen molar-refractivity contribution in [1.82, 2.24) is 14.9 Å². The smallest absolute Gasteiger partial charge is 0.382 e. The minimum Gasteiger partial charge on any atom is -0.382 e. The summed E-state index contributed by atoms with van der Waals surface area (Å²) in [5.41, 5.74) is 2.35. The average Bonchev–Trinajstić information content (AvgIpc) is 2.72. The van der Waals surface area contributed by atoms with Crippen molar-refractivity contribution in [2.75, 3.05) is 18.8 Å². The molecule has 0 radical (unpaired) electrons. The number of rotatable bonds is 1. The van der Waals surface area contributed by atoms with Crippen LogP contribution in [0.3, 0.4) is 0 Å². The van der Waals surface area contributed by atoms with Crippen LogP contribution in [0.5, 0.6) is 0 Å². The number of nitrogens with two attached hydrogens (primary N) is 1. The van der Waals surface area contributed by atoms with Crippen LogP contribution in [-0.4, -0.2) is 50.7 Å². The predicted octanol–water partition coefficient (Wildman–Crippen LogP) is 0.198. The monoisotopic (exact) mass is 276 g/mol. The molecular formula is C10H11F3N4O2. The Morgan fingerprint density at radius 2 is 2.05 bits per heavy atom. The number of alkyl halides is 3. The number of aromatic nitrogens is 2. The standard InChI is InChI=1S/C10H11F3N4O2/c11-10(12,13)9(19)1-4-17(5-9)8(18)6-7(14)16-3-2-15-6/h2-3,19H,1,4-5H2,(H2,14,16). The maximum Gasteiger partial charge on any atom is 0.419 e. The number of β-amino-alcohol motifs (C(OH)–C–C–N with tert-alkyl or cyclic N) is 1. The first-order valence-electron chi connectivity index (χ1n) is 5.39. The summed E-state index contributed by atoms with van der Waals surface area (Å²) in [7, 11) is 0. The fourth-order valence-electron chi connectivity index (χ4n) is 1.86. The first kappa shape index (κ1) is 13.5. The molecule has 1 aliphatic rings. The highest BCUT2D eigenvalue weighted by atomic mass is 19.4. The van der Waals surface area contributed by atoms with Crippen molar-refractivity contribution in [3.8, 4) is 0 Å². The van der Waals surface area contributed by atoms with E-state index in [9.17, 15) is 23.1 Å². The molecule has 1 fully saturated rings. The lowest BCUT2D eigenvalue weighted by atomic mass is 10.0.